The summed E-state index contributed by atoms with van der Waals surface area (Å²) < 4.78 is 12.0. The van der Waals surface area contributed by atoms with E-state index in [2.05, 4.69) is 61.2 Å². The number of nitrogens with zero attached hydrogens (tertiary/aromatic N) is 2. The molecule has 6 heteroatoms. The molecule has 0 aliphatic heterocycles. The standard InChI is InChI=1S/C30H38N2O4/c1-4-32(22-26-9-7-6-8-10-26)23-29(35-5-2)21-25-13-17-28(18-14-25)36-20-19-24-11-15-27(16-12-24)31(3)30(33)34/h6-18,29H,4-5,19-23H2,1-3H3,(H,33,34). The molecule has 3 aromatic rings. The summed E-state index contributed by atoms with van der Waals surface area (Å²) in [4.78, 5) is 14.7. The van der Waals surface area contributed by atoms with Crippen LogP contribution in [0.1, 0.15) is 30.5 Å². The van der Waals surface area contributed by atoms with E-state index < -0.39 is 6.09 Å². The third kappa shape index (κ3) is 8.70. The van der Waals surface area contributed by atoms with Crippen LogP contribution in [-0.2, 0) is 24.1 Å². The van der Waals surface area contributed by atoms with E-state index in [1.54, 1.807) is 0 Å². The van der Waals surface area contributed by atoms with Crippen molar-refractivity contribution in [2.45, 2.75) is 39.3 Å². The highest BCUT2D eigenvalue weighted by Crippen LogP contribution is 2.18. The monoisotopic (exact) mass is 490 g/mol. The van der Waals surface area contributed by atoms with Gasteiger partial charge in [-0.05, 0) is 60.8 Å². The molecule has 36 heavy (non-hydrogen) atoms. The molecule has 0 aliphatic rings. The second kappa shape index (κ2) is 14.3. The van der Waals surface area contributed by atoms with Crippen LogP contribution in [0, 0.1) is 0 Å². The minimum Gasteiger partial charge on any atom is -0.493 e. The maximum absolute atomic E-state index is 11.1. The molecule has 3 rings (SSSR count). The van der Waals surface area contributed by atoms with Gasteiger partial charge in [0, 0.05) is 38.9 Å². The van der Waals surface area contributed by atoms with Gasteiger partial charge in [0.2, 0.25) is 0 Å². The Kier molecular flexibility index (Phi) is 10.8. The lowest BCUT2D eigenvalue weighted by Crippen LogP contribution is -2.35. The van der Waals surface area contributed by atoms with Crippen molar-refractivity contribution in [3.05, 3.63) is 95.6 Å². The number of hydrogen-bond donors (Lipinski definition) is 1. The van der Waals surface area contributed by atoms with Crippen molar-refractivity contribution in [3.63, 3.8) is 0 Å². The van der Waals surface area contributed by atoms with E-state index >= 15 is 0 Å². The molecular formula is C30H38N2O4. The molecule has 0 aliphatic carbocycles. The molecular weight excluding hydrogens is 452 g/mol. The Bertz CT molecular complexity index is 1040. The van der Waals surface area contributed by atoms with Crippen LogP contribution in [-0.4, -0.2) is 55.6 Å². The molecule has 0 saturated heterocycles. The average molecular weight is 491 g/mol. The van der Waals surface area contributed by atoms with Gasteiger partial charge in [0.1, 0.15) is 5.75 Å². The summed E-state index contributed by atoms with van der Waals surface area (Å²) in [6, 6.07) is 26.3. The van der Waals surface area contributed by atoms with E-state index in [1.165, 1.54) is 23.1 Å². The van der Waals surface area contributed by atoms with Gasteiger partial charge in [0.15, 0.2) is 0 Å². The zero-order chi connectivity index (χ0) is 25.8. The third-order valence-corrected chi connectivity index (χ3v) is 6.22. The first-order valence-corrected chi connectivity index (χ1v) is 12.6. The molecule has 1 amide bonds. The van der Waals surface area contributed by atoms with E-state index in [1.807, 2.05) is 36.4 Å². The number of carbonyl (C=O) groups is 1. The predicted molar refractivity (Wildman–Crippen MR) is 145 cm³/mol. The SMILES string of the molecule is CCOC(Cc1ccc(OCCc2ccc(N(C)C(=O)O)cc2)cc1)CN(CC)Cc1ccccc1. The fraction of sp³-hybridized carbons (Fsp3) is 0.367. The summed E-state index contributed by atoms with van der Waals surface area (Å²) >= 11 is 0. The molecule has 0 fully saturated rings. The first kappa shape index (κ1) is 27.2. The molecule has 0 spiro atoms. The van der Waals surface area contributed by atoms with Crippen molar-refractivity contribution < 1.29 is 19.4 Å². The average Bonchev–Trinajstić information content (AvgIpc) is 2.90. The normalized spacial score (nSPS) is 11.9. The van der Waals surface area contributed by atoms with Gasteiger partial charge in [0.05, 0.1) is 12.7 Å². The van der Waals surface area contributed by atoms with Gasteiger partial charge in [-0.15, -0.1) is 0 Å². The molecule has 0 aromatic heterocycles. The third-order valence-electron chi connectivity index (χ3n) is 6.22. The zero-order valence-corrected chi connectivity index (χ0v) is 21.6. The highest BCUT2D eigenvalue weighted by atomic mass is 16.5. The Balaban J connectivity index is 1.48. The summed E-state index contributed by atoms with van der Waals surface area (Å²) in [7, 11) is 1.53. The Hall–Kier alpha value is -3.35. The Labute approximate surface area is 215 Å². The van der Waals surface area contributed by atoms with Gasteiger partial charge >= 0.3 is 6.09 Å². The lowest BCUT2D eigenvalue weighted by atomic mass is 10.1. The number of ether oxygens (including phenoxy) is 2. The zero-order valence-electron chi connectivity index (χ0n) is 21.6. The van der Waals surface area contributed by atoms with Crippen molar-refractivity contribution in [2.75, 3.05) is 38.3 Å². The quantitative estimate of drug-likeness (QED) is 0.305. The highest BCUT2D eigenvalue weighted by molar-refractivity contribution is 5.85. The molecule has 0 bridgehead atoms. The molecule has 0 radical (unpaired) electrons. The van der Waals surface area contributed by atoms with Crippen LogP contribution in [0.2, 0.25) is 0 Å². The molecule has 192 valence electrons. The summed E-state index contributed by atoms with van der Waals surface area (Å²) in [5.74, 6) is 0.841. The largest absolute Gasteiger partial charge is 0.493 e. The number of benzene rings is 3. The lowest BCUT2D eigenvalue weighted by Gasteiger charge is -2.26. The summed E-state index contributed by atoms with van der Waals surface area (Å²) in [6.45, 7) is 8.29. The maximum Gasteiger partial charge on any atom is 0.411 e. The molecule has 1 atom stereocenters. The van der Waals surface area contributed by atoms with Crippen molar-refractivity contribution in [1.82, 2.24) is 4.90 Å². The number of rotatable bonds is 14. The van der Waals surface area contributed by atoms with Crippen LogP contribution < -0.4 is 9.64 Å². The Morgan fingerprint density at radius 3 is 2.17 bits per heavy atom. The summed E-state index contributed by atoms with van der Waals surface area (Å²) in [5.41, 5.74) is 4.30. The number of hydrogen-bond acceptors (Lipinski definition) is 4. The smallest absolute Gasteiger partial charge is 0.411 e. The minimum absolute atomic E-state index is 0.133. The second-order valence-corrected chi connectivity index (χ2v) is 8.85. The molecule has 0 heterocycles. The molecule has 6 nitrogen and oxygen atoms in total. The first-order chi connectivity index (χ1) is 17.5. The number of likely N-dealkylation sites (N-methyl/N-ethyl adjacent to an activating group) is 1. The minimum atomic E-state index is -0.975. The van der Waals surface area contributed by atoms with Crippen molar-refractivity contribution in [1.29, 1.82) is 0 Å². The van der Waals surface area contributed by atoms with Gasteiger partial charge in [-0.2, -0.15) is 0 Å². The van der Waals surface area contributed by atoms with E-state index in [9.17, 15) is 4.79 Å². The number of amides is 1. The second-order valence-electron chi connectivity index (χ2n) is 8.85. The van der Waals surface area contributed by atoms with Gasteiger partial charge < -0.3 is 14.6 Å². The highest BCUT2D eigenvalue weighted by Gasteiger charge is 2.15. The molecule has 1 N–H and O–H groups in total. The van der Waals surface area contributed by atoms with Crippen LogP contribution in [0.4, 0.5) is 10.5 Å². The van der Waals surface area contributed by atoms with E-state index in [-0.39, 0.29) is 6.10 Å². The maximum atomic E-state index is 11.1. The van der Waals surface area contributed by atoms with Gasteiger partial charge in [0.25, 0.3) is 0 Å². The summed E-state index contributed by atoms with van der Waals surface area (Å²) in [6.07, 6.45) is 0.765. The molecule has 0 saturated carbocycles. The Morgan fingerprint density at radius 1 is 0.889 bits per heavy atom. The fourth-order valence-electron chi connectivity index (χ4n) is 4.11. The van der Waals surface area contributed by atoms with E-state index in [4.69, 9.17) is 14.6 Å². The topological polar surface area (TPSA) is 62.2 Å². The van der Waals surface area contributed by atoms with Crippen LogP contribution in [0.3, 0.4) is 0 Å². The van der Waals surface area contributed by atoms with Crippen molar-refractivity contribution in [2.24, 2.45) is 0 Å². The lowest BCUT2D eigenvalue weighted by molar-refractivity contribution is 0.0331. The molecule has 1 unspecified atom stereocenters. The van der Waals surface area contributed by atoms with Crippen molar-refractivity contribution >= 4 is 11.8 Å². The fourth-order valence-corrected chi connectivity index (χ4v) is 4.11. The van der Waals surface area contributed by atoms with E-state index in [0.717, 1.165) is 43.8 Å². The van der Waals surface area contributed by atoms with Gasteiger partial charge in [-0.1, -0.05) is 61.5 Å². The van der Waals surface area contributed by atoms with Gasteiger partial charge in [-0.25, -0.2) is 4.79 Å². The van der Waals surface area contributed by atoms with Gasteiger partial charge in [-0.3, -0.25) is 9.80 Å². The van der Waals surface area contributed by atoms with Crippen LogP contribution in [0.25, 0.3) is 0 Å². The summed E-state index contributed by atoms with van der Waals surface area (Å²) in [5, 5.41) is 9.07. The van der Waals surface area contributed by atoms with E-state index in [0.29, 0.717) is 18.9 Å². The number of anilines is 1. The van der Waals surface area contributed by atoms with Crippen LogP contribution in [0.15, 0.2) is 78.9 Å². The van der Waals surface area contributed by atoms with Crippen LogP contribution >= 0.6 is 0 Å². The van der Waals surface area contributed by atoms with Crippen LogP contribution in [0.5, 0.6) is 5.75 Å². The molecule has 3 aromatic carbocycles. The Morgan fingerprint density at radius 2 is 1.56 bits per heavy atom. The predicted octanol–water partition coefficient (Wildman–Crippen LogP) is 5.89. The van der Waals surface area contributed by atoms with Crippen molar-refractivity contribution in [3.8, 4) is 5.75 Å². The number of carboxylic acid groups (broad SMARTS) is 1. The first-order valence-electron chi connectivity index (χ1n) is 12.6.